The number of rotatable bonds is 3. The van der Waals surface area contributed by atoms with Crippen LogP contribution in [0.25, 0.3) is 0 Å². The van der Waals surface area contributed by atoms with Gasteiger partial charge >= 0.3 is 5.97 Å². The summed E-state index contributed by atoms with van der Waals surface area (Å²) in [4.78, 5) is 11.5. The molecule has 0 atom stereocenters. The number of ether oxygens (including phenoxy) is 3. The third-order valence-electron chi connectivity index (χ3n) is 3.17. The zero-order valence-electron chi connectivity index (χ0n) is 10.3. The van der Waals surface area contributed by atoms with Gasteiger partial charge in [-0.2, -0.15) is 0 Å². The van der Waals surface area contributed by atoms with Crippen LogP contribution in [0.4, 0.5) is 0 Å². The fourth-order valence-electron chi connectivity index (χ4n) is 2.28. The van der Waals surface area contributed by atoms with Crippen LogP contribution in [0, 0.1) is 5.92 Å². The molecule has 1 aromatic carbocycles. The van der Waals surface area contributed by atoms with Crippen molar-refractivity contribution in [1.82, 2.24) is 0 Å². The van der Waals surface area contributed by atoms with Crippen molar-refractivity contribution in [3.05, 3.63) is 23.3 Å². The summed E-state index contributed by atoms with van der Waals surface area (Å²) in [5.41, 5.74) is 2.27. The Kier molecular flexibility index (Phi) is 3.22. The van der Waals surface area contributed by atoms with Gasteiger partial charge in [-0.3, -0.25) is 4.79 Å². The molecular formula is C13H16O4. The third-order valence-corrected chi connectivity index (χ3v) is 3.17. The van der Waals surface area contributed by atoms with Crippen LogP contribution in [0.15, 0.2) is 12.1 Å². The van der Waals surface area contributed by atoms with E-state index < -0.39 is 0 Å². The molecule has 0 amide bonds. The van der Waals surface area contributed by atoms with Gasteiger partial charge < -0.3 is 14.2 Å². The van der Waals surface area contributed by atoms with E-state index in [4.69, 9.17) is 14.2 Å². The van der Waals surface area contributed by atoms with Gasteiger partial charge in [0.15, 0.2) is 11.5 Å². The van der Waals surface area contributed by atoms with Crippen molar-refractivity contribution in [3.63, 3.8) is 0 Å². The van der Waals surface area contributed by atoms with E-state index in [1.165, 1.54) is 7.11 Å². The molecule has 0 saturated carbocycles. The Morgan fingerprint density at radius 2 is 1.53 bits per heavy atom. The zero-order chi connectivity index (χ0) is 12.4. The fourth-order valence-corrected chi connectivity index (χ4v) is 2.28. The van der Waals surface area contributed by atoms with Crippen LogP contribution in [0.5, 0.6) is 11.5 Å². The lowest BCUT2D eigenvalue weighted by atomic mass is 10.1. The maximum atomic E-state index is 11.5. The maximum Gasteiger partial charge on any atom is 0.309 e. The number of fused-ring (bicyclic) bond motifs is 1. The molecule has 92 valence electrons. The Morgan fingerprint density at radius 1 is 1.06 bits per heavy atom. The van der Waals surface area contributed by atoms with E-state index in [1.54, 1.807) is 14.2 Å². The average Bonchev–Trinajstić information content (AvgIpc) is 2.78. The summed E-state index contributed by atoms with van der Waals surface area (Å²) in [6, 6.07) is 3.88. The van der Waals surface area contributed by atoms with Gasteiger partial charge in [0.2, 0.25) is 0 Å². The summed E-state index contributed by atoms with van der Waals surface area (Å²) in [5.74, 6) is 1.18. The lowest BCUT2D eigenvalue weighted by molar-refractivity contribution is -0.145. The predicted octanol–water partition coefficient (Wildman–Crippen LogP) is 1.59. The Hall–Kier alpha value is -1.71. The van der Waals surface area contributed by atoms with Gasteiger partial charge in [-0.15, -0.1) is 0 Å². The van der Waals surface area contributed by atoms with E-state index in [2.05, 4.69) is 0 Å². The Balaban J connectivity index is 2.29. The van der Waals surface area contributed by atoms with Crippen molar-refractivity contribution < 1.29 is 19.0 Å². The van der Waals surface area contributed by atoms with Gasteiger partial charge in [-0.05, 0) is 36.1 Å². The molecule has 0 heterocycles. The molecule has 4 heteroatoms. The van der Waals surface area contributed by atoms with Crippen molar-refractivity contribution in [1.29, 1.82) is 0 Å². The quantitative estimate of drug-likeness (QED) is 0.748. The van der Waals surface area contributed by atoms with Crippen LogP contribution in [-0.2, 0) is 22.4 Å². The van der Waals surface area contributed by atoms with Gasteiger partial charge in [0, 0.05) is 0 Å². The third kappa shape index (κ3) is 2.07. The van der Waals surface area contributed by atoms with Crippen LogP contribution in [0.3, 0.4) is 0 Å². The molecule has 0 bridgehead atoms. The Labute approximate surface area is 100 Å². The molecule has 0 radical (unpaired) electrons. The first kappa shape index (κ1) is 11.8. The molecule has 2 rings (SSSR count). The molecule has 0 aromatic heterocycles. The highest BCUT2D eigenvalue weighted by Gasteiger charge is 2.29. The number of benzene rings is 1. The smallest absolute Gasteiger partial charge is 0.309 e. The van der Waals surface area contributed by atoms with Crippen LogP contribution < -0.4 is 9.47 Å². The summed E-state index contributed by atoms with van der Waals surface area (Å²) in [7, 11) is 4.64. The lowest BCUT2D eigenvalue weighted by Crippen LogP contribution is -2.15. The van der Waals surface area contributed by atoms with Crippen molar-refractivity contribution >= 4 is 5.97 Å². The van der Waals surface area contributed by atoms with E-state index in [-0.39, 0.29) is 11.9 Å². The topological polar surface area (TPSA) is 44.8 Å². The number of hydrogen-bond donors (Lipinski definition) is 0. The summed E-state index contributed by atoms with van der Waals surface area (Å²) >= 11 is 0. The number of esters is 1. The van der Waals surface area contributed by atoms with Gasteiger partial charge in [0.05, 0.1) is 27.2 Å². The van der Waals surface area contributed by atoms with Crippen molar-refractivity contribution in [2.24, 2.45) is 5.92 Å². The van der Waals surface area contributed by atoms with Crippen molar-refractivity contribution in [2.75, 3.05) is 21.3 Å². The predicted molar refractivity (Wildman–Crippen MR) is 62.5 cm³/mol. The lowest BCUT2D eigenvalue weighted by Gasteiger charge is -2.09. The van der Waals surface area contributed by atoms with Gasteiger partial charge in [-0.1, -0.05) is 0 Å². The molecule has 0 unspecified atom stereocenters. The summed E-state index contributed by atoms with van der Waals surface area (Å²) in [6.45, 7) is 0. The number of carbonyl (C=O) groups excluding carboxylic acids is 1. The molecule has 4 nitrogen and oxygen atoms in total. The van der Waals surface area contributed by atoms with E-state index >= 15 is 0 Å². The maximum absolute atomic E-state index is 11.5. The minimum atomic E-state index is -0.154. The first-order chi connectivity index (χ1) is 8.19. The number of hydrogen-bond acceptors (Lipinski definition) is 4. The molecule has 1 aliphatic carbocycles. The molecule has 0 spiro atoms. The van der Waals surface area contributed by atoms with Crippen molar-refractivity contribution in [2.45, 2.75) is 12.8 Å². The van der Waals surface area contributed by atoms with Gasteiger partial charge in [0.1, 0.15) is 0 Å². The number of carbonyl (C=O) groups is 1. The highest BCUT2D eigenvalue weighted by molar-refractivity contribution is 5.74. The first-order valence-corrected chi connectivity index (χ1v) is 5.51. The summed E-state index contributed by atoms with van der Waals surface area (Å²) < 4.78 is 15.3. The minimum Gasteiger partial charge on any atom is -0.493 e. The highest BCUT2D eigenvalue weighted by atomic mass is 16.5. The molecular weight excluding hydrogens is 220 g/mol. The first-order valence-electron chi connectivity index (χ1n) is 5.51. The minimum absolute atomic E-state index is 0.0770. The van der Waals surface area contributed by atoms with Crippen LogP contribution in [0.1, 0.15) is 11.1 Å². The highest BCUT2D eigenvalue weighted by Crippen LogP contribution is 2.36. The van der Waals surface area contributed by atoms with Crippen LogP contribution >= 0.6 is 0 Å². The second kappa shape index (κ2) is 4.65. The standard InChI is InChI=1S/C13H16O4/c1-15-11-6-8-4-10(13(14)17-3)5-9(8)7-12(11)16-2/h6-7,10H,4-5H2,1-3H3. The monoisotopic (exact) mass is 236 g/mol. The molecule has 0 saturated heterocycles. The Bertz CT molecular complexity index is 406. The number of methoxy groups -OCH3 is 3. The van der Waals surface area contributed by atoms with E-state index in [9.17, 15) is 4.79 Å². The fraction of sp³-hybridized carbons (Fsp3) is 0.462. The molecule has 1 aliphatic rings. The molecule has 0 N–H and O–H groups in total. The SMILES string of the molecule is COC(=O)C1Cc2cc(OC)c(OC)cc2C1. The summed E-state index contributed by atoms with van der Waals surface area (Å²) in [6.07, 6.45) is 1.42. The molecule has 1 aromatic rings. The summed E-state index contributed by atoms with van der Waals surface area (Å²) in [5, 5.41) is 0. The second-order valence-corrected chi connectivity index (χ2v) is 4.10. The Morgan fingerprint density at radius 3 is 1.88 bits per heavy atom. The van der Waals surface area contributed by atoms with Crippen molar-refractivity contribution in [3.8, 4) is 11.5 Å². The van der Waals surface area contributed by atoms with E-state index in [1.807, 2.05) is 12.1 Å². The average molecular weight is 236 g/mol. The van der Waals surface area contributed by atoms with Gasteiger partial charge in [0.25, 0.3) is 0 Å². The second-order valence-electron chi connectivity index (χ2n) is 4.10. The normalized spacial score (nSPS) is 14.3. The molecule has 17 heavy (non-hydrogen) atoms. The van der Waals surface area contributed by atoms with E-state index in [0.717, 1.165) is 11.1 Å². The van der Waals surface area contributed by atoms with Crippen LogP contribution in [-0.4, -0.2) is 27.3 Å². The van der Waals surface area contributed by atoms with E-state index in [0.29, 0.717) is 24.3 Å². The van der Waals surface area contributed by atoms with Crippen LogP contribution in [0.2, 0.25) is 0 Å². The zero-order valence-corrected chi connectivity index (χ0v) is 10.3. The van der Waals surface area contributed by atoms with Gasteiger partial charge in [-0.25, -0.2) is 0 Å². The largest absolute Gasteiger partial charge is 0.493 e. The molecule has 0 fully saturated rings. The molecule has 0 aliphatic heterocycles.